The Hall–Kier alpha value is -2.65. The van der Waals surface area contributed by atoms with Crippen LogP contribution in [-0.4, -0.2) is 86.1 Å². The first-order valence-corrected chi connectivity index (χ1v) is 15.4. The highest BCUT2D eigenvalue weighted by Gasteiger charge is 2.61. The van der Waals surface area contributed by atoms with Gasteiger partial charge in [0.1, 0.15) is 48.8 Å². The molecule has 11 atom stereocenters. The molecule has 0 bridgehead atoms. The molecule has 242 valence electrons. The lowest BCUT2D eigenvalue weighted by molar-refractivity contribution is -0.356. The third-order valence-electron chi connectivity index (χ3n) is 8.56. The van der Waals surface area contributed by atoms with E-state index in [0.717, 1.165) is 11.1 Å². The second kappa shape index (κ2) is 12.5. The molecule has 0 saturated carbocycles. The van der Waals surface area contributed by atoms with Gasteiger partial charge in [-0.3, -0.25) is 0 Å². The van der Waals surface area contributed by atoms with Gasteiger partial charge in [-0.05, 0) is 38.8 Å². The van der Waals surface area contributed by atoms with Crippen molar-refractivity contribution >= 4 is 0 Å². The van der Waals surface area contributed by atoms with E-state index in [0.29, 0.717) is 6.61 Å². The Kier molecular flexibility index (Phi) is 8.61. The van der Waals surface area contributed by atoms with Gasteiger partial charge in [-0.2, -0.15) is 0 Å². The maximum absolute atomic E-state index is 9.75. The molecule has 5 saturated heterocycles. The van der Waals surface area contributed by atoms with E-state index >= 15 is 0 Å². The summed E-state index contributed by atoms with van der Waals surface area (Å²) in [6.07, 6.45) is -6.73. The largest absolute Gasteiger partial charge is 0.370 e. The Morgan fingerprint density at radius 1 is 0.800 bits per heavy atom. The van der Waals surface area contributed by atoms with Gasteiger partial charge in [0.2, 0.25) is 0 Å². The predicted octanol–water partition coefficient (Wildman–Crippen LogP) is 4.50. The zero-order chi connectivity index (χ0) is 31.2. The topological polar surface area (TPSA) is 141 Å². The van der Waals surface area contributed by atoms with Gasteiger partial charge in [-0.15, -0.1) is 0 Å². The first kappa shape index (κ1) is 31.0. The predicted molar refractivity (Wildman–Crippen MR) is 155 cm³/mol. The normalized spacial score (nSPS) is 40.0. The number of ether oxygens (including phenoxy) is 10. The summed E-state index contributed by atoms with van der Waals surface area (Å²) in [7, 11) is 0. The van der Waals surface area contributed by atoms with Crippen molar-refractivity contribution in [2.45, 2.75) is 114 Å². The molecule has 5 aliphatic rings. The van der Waals surface area contributed by atoms with Crippen molar-refractivity contribution in [1.82, 2.24) is 0 Å². The number of azide groups is 1. The summed E-state index contributed by atoms with van der Waals surface area (Å²) < 4.78 is 63.0. The molecule has 5 aliphatic heterocycles. The molecule has 45 heavy (non-hydrogen) atoms. The molecular formula is C32H39N3O10. The molecule has 13 heteroatoms. The Balaban J connectivity index is 1.18. The molecule has 0 radical (unpaired) electrons. The van der Waals surface area contributed by atoms with Crippen LogP contribution in [0.1, 0.15) is 45.1 Å². The second-order valence-electron chi connectivity index (χ2n) is 12.7. The highest BCUT2D eigenvalue weighted by molar-refractivity contribution is 5.17. The van der Waals surface area contributed by atoms with Crippen LogP contribution in [0.4, 0.5) is 0 Å². The molecule has 5 heterocycles. The standard InChI is InChI=1S/C32H39N3O10/c1-31(2)38-17-21(43-31)24-26(27-30(41-24)45-32(3,4)44-27)42-29-22(34-35-33)25(36-15-18-11-7-5-8-12-18)23-20(39-29)16-37-28(40-23)19-13-9-6-10-14-19/h5-14,20-30H,15-17H2,1-4H3/t20-,21+,22+,23-,24-,25-,26+,27-,28-,29+,30-/m1/s1. The lowest BCUT2D eigenvalue weighted by Crippen LogP contribution is -2.63. The van der Waals surface area contributed by atoms with Crippen LogP contribution in [0.2, 0.25) is 0 Å². The first-order chi connectivity index (χ1) is 21.7. The van der Waals surface area contributed by atoms with Crippen molar-refractivity contribution in [3.05, 3.63) is 82.2 Å². The van der Waals surface area contributed by atoms with Crippen LogP contribution in [0.25, 0.3) is 10.4 Å². The van der Waals surface area contributed by atoms with E-state index in [-0.39, 0.29) is 13.2 Å². The number of hydrogen-bond acceptors (Lipinski definition) is 11. The fourth-order valence-corrected chi connectivity index (χ4v) is 6.58. The van der Waals surface area contributed by atoms with Gasteiger partial charge in [-0.1, -0.05) is 65.8 Å². The van der Waals surface area contributed by atoms with Gasteiger partial charge < -0.3 is 47.4 Å². The van der Waals surface area contributed by atoms with E-state index in [1.807, 2.05) is 88.4 Å². The van der Waals surface area contributed by atoms with Gasteiger partial charge in [0.25, 0.3) is 0 Å². The summed E-state index contributed by atoms with van der Waals surface area (Å²) in [6, 6.07) is 18.5. The van der Waals surface area contributed by atoms with Crippen molar-refractivity contribution in [2.24, 2.45) is 5.11 Å². The van der Waals surface area contributed by atoms with E-state index < -0.39 is 79.2 Å². The molecule has 0 spiro atoms. The average molecular weight is 626 g/mol. The lowest BCUT2D eigenvalue weighted by Gasteiger charge is -2.48. The minimum Gasteiger partial charge on any atom is -0.370 e. The minimum absolute atomic E-state index is 0.204. The Morgan fingerprint density at radius 2 is 1.53 bits per heavy atom. The van der Waals surface area contributed by atoms with Crippen molar-refractivity contribution in [3.8, 4) is 0 Å². The van der Waals surface area contributed by atoms with Crippen LogP contribution in [0.3, 0.4) is 0 Å². The van der Waals surface area contributed by atoms with Crippen molar-refractivity contribution in [2.75, 3.05) is 13.2 Å². The summed E-state index contributed by atoms with van der Waals surface area (Å²) in [5, 5.41) is 4.17. The number of fused-ring (bicyclic) bond motifs is 2. The van der Waals surface area contributed by atoms with Crippen LogP contribution in [0.5, 0.6) is 0 Å². The quantitative estimate of drug-likeness (QED) is 0.234. The Labute approximate surface area is 261 Å². The summed E-state index contributed by atoms with van der Waals surface area (Å²) in [6.45, 7) is 8.08. The summed E-state index contributed by atoms with van der Waals surface area (Å²) in [5.41, 5.74) is 11.6. The highest BCUT2D eigenvalue weighted by atomic mass is 16.9. The van der Waals surface area contributed by atoms with E-state index in [9.17, 15) is 5.53 Å². The lowest BCUT2D eigenvalue weighted by atomic mass is 9.95. The van der Waals surface area contributed by atoms with Crippen LogP contribution < -0.4 is 0 Å². The molecule has 2 aromatic rings. The average Bonchev–Trinajstić information content (AvgIpc) is 3.66. The Bertz CT molecular complexity index is 1360. The third kappa shape index (κ3) is 6.49. The van der Waals surface area contributed by atoms with Gasteiger partial charge in [0.05, 0.1) is 19.8 Å². The maximum Gasteiger partial charge on any atom is 0.190 e. The van der Waals surface area contributed by atoms with E-state index in [2.05, 4.69) is 10.0 Å². The molecule has 2 aromatic carbocycles. The molecule has 0 aromatic heterocycles. The van der Waals surface area contributed by atoms with Crippen molar-refractivity contribution < 1.29 is 47.4 Å². The zero-order valence-corrected chi connectivity index (χ0v) is 25.7. The van der Waals surface area contributed by atoms with E-state index in [4.69, 9.17) is 47.4 Å². The molecule has 0 amide bonds. The maximum atomic E-state index is 9.75. The number of benzene rings is 2. The second-order valence-corrected chi connectivity index (χ2v) is 12.7. The fourth-order valence-electron chi connectivity index (χ4n) is 6.58. The fraction of sp³-hybridized carbons (Fsp3) is 0.625. The van der Waals surface area contributed by atoms with E-state index in [1.165, 1.54) is 0 Å². The van der Waals surface area contributed by atoms with Crippen LogP contribution in [0, 0.1) is 0 Å². The summed E-state index contributed by atoms with van der Waals surface area (Å²) in [5.74, 6) is -1.68. The van der Waals surface area contributed by atoms with Crippen LogP contribution in [0.15, 0.2) is 65.8 Å². The van der Waals surface area contributed by atoms with Gasteiger partial charge in [-0.25, -0.2) is 0 Å². The van der Waals surface area contributed by atoms with Gasteiger partial charge >= 0.3 is 0 Å². The SMILES string of the molecule is CC1(C)O[C@H]2O[C@H]([C@@H]3COC(C)(C)O3)[C@H](O[C@@H]3O[C@@H]4CO[C@@H](c5ccccc5)O[C@H]4[C@H](OCc4ccccc4)[C@@H]3N=[N+]=[N-])[C@H]2O1. The Morgan fingerprint density at radius 3 is 2.24 bits per heavy atom. The highest BCUT2D eigenvalue weighted by Crippen LogP contribution is 2.44. The molecule has 0 N–H and O–H groups in total. The molecular weight excluding hydrogens is 586 g/mol. The molecule has 0 aliphatic carbocycles. The van der Waals surface area contributed by atoms with Gasteiger partial charge in [0.15, 0.2) is 30.4 Å². The number of nitrogens with zero attached hydrogens (tertiary/aromatic N) is 3. The molecule has 5 fully saturated rings. The molecule has 0 unspecified atom stereocenters. The first-order valence-electron chi connectivity index (χ1n) is 15.4. The number of rotatable bonds is 8. The molecule has 13 nitrogen and oxygen atoms in total. The van der Waals surface area contributed by atoms with Crippen molar-refractivity contribution in [3.63, 3.8) is 0 Å². The zero-order valence-electron chi connectivity index (χ0n) is 25.7. The smallest absolute Gasteiger partial charge is 0.190 e. The monoisotopic (exact) mass is 625 g/mol. The summed E-state index contributed by atoms with van der Waals surface area (Å²) >= 11 is 0. The minimum atomic E-state index is -1.05. The van der Waals surface area contributed by atoms with E-state index in [1.54, 1.807) is 0 Å². The van der Waals surface area contributed by atoms with Gasteiger partial charge in [0, 0.05) is 10.5 Å². The summed E-state index contributed by atoms with van der Waals surface area (Å²) in [4.78, 5) is 3.18. The number of hydrogen-bond donors (Lipinski definition) is 0. The van der Waals surface area contributed by atoms with Crippen LogP contribution >= 0.6 is 0 Å². The van der Waals surface area contributed by atoms with Crippen LogP contribution in [-0.2, 0) is 54.0 Å². The third-order valence-corrected chi connectivity index (χ3v) is 8.56. The molecule has 7 rings (SSSR count). The van der Waals surface area contributed by atoms with Crippen molar-refractivity contribution in [1.29, 1.82) is 0 Å².